The van der Waals surface area contributed by atoms with Gasteiger partial charge in [0.1, 0.15) is 5.69 Å². The topological polar surface area (TPSA) is 62.2 Å². The van der Waals surface area contributed by atoms with E-state index in [9.17, 15) is 4.79 Å². The highest BCUT2D eigenvalue weighted by atomic mass is 35.5. The van der Waals surface area contributed by atoms with Crippen molar-refractivity contribution in [2.75, 3.05) is 6.61 Å². The van der Waals surface area contributed by atoms with Crippen LogP contribution in [0.5, 0.6) is 0 Å². The zero-order valence-electron chi connectivity index (χ0n) is 11.3. The van der Waals surface area contributed by atoms with Gasteiger partial charge in [-0.15, -0.1) is 0 Å². The van der Waals surface area contributed by atoms with Crippen molar-refractivity contribution >= 4 is 28.4 Å². The molecule has 1 amide bonds. The standard InChI is InChI=1S/C15H17ClN2O2/c1-10(5-4-8-19)17-15(20)14-9-12(16)11-6-2-3-7-13(11)18-14/h2-3,6-7,9-10,19H,4-5,8H2,1H3,(H,17,20). The third-order valence-electron chi connectivity index (χ3n) is 3.07. The lowest BCUT2D eigenvalue weighted by Crippen LogP contribution is -2.33. The first-order chi connectivity index (χ1) is 9.61. The van der Waals surface area contributed by atoms with Gasteiger partial charge in [0.05, 0.1) is 10.5 Å². The Morgan fingerprint density at radius 1 is 1.45 bits per heavy atom. The summed E-state index contributed by atoms with van der Waals surface area (Å²) in [6.07, 6.45) is 1.39. The zero-order chi connectivity index (χ0) is 14.5. The molecule has 2 rings (SSSR count). The Morgan fingerprint density at radius 2 is 2.20 bits per heavy atom. The van der Waals surface area contributed by atoms with Crippen LogP contribution in [-0.4, -0.2) is 28.6 Å². The number of hydrogen-bond donors (Lipinski definition) is 2. The van der Waals surface area contributed by atoms with Gasteiger partial charge in [0.2, 0.25) is 0 Å². The molecule has 4 nitrogen and oxygen atoms in total. The molecular weight excluding hydrogens is 276 g/mol. The third kappa shape index (κ3) is 3.46. The van der Waals surface area contributed by atoms with Crippen LogP contribution in [0.4, 0.5) is 0 Å². The number of amides is 1. The van der Waals surface area contributed by atoms with Crippen LogP contribution in [0.1, 0.15) is 30.3 Å². The largest absolute Gasteiger partial charge is 0.396 e. The van der Waals surface area contributed by atoms with Gasteiger partial charge in [-0.25, -0.2) is 4.98 Å². The number of nitrogens with zero attached hydrogens (tertiary/aromatic N) is 1. The fourth-order valence-corrected chi connectivity index (χ4v) is 2.28. The van der Waals surface area contributed by atoms with Crippen molar-refractivity contribution in [3.8, 4) is 0 Å². The molecule has 106 valence electrons. The second kappa shape index (κ2) is 6.68. The number of nitrogens with one attached hydrogen (secondary N) is 1. The highest BCUT2D eigenvalue weighted by molar-refractivity contribution is 6.35. The second-order valence-electron chi connectivity index (χ2n) is 4.75. The van der Waals surface area contributed by atoms with Gasteiger partial charge in [-0.1, -0.05) is 29.8 Å². The fraction of sp³-hybridized carbons (Fsp3) is 0.333. The van der Waals surface area contributed by atoms with Crippen LogP contribution >= 0.6 is 11.6 Å². The van der Waals surface area contributed by atoms with Crippen molar-refractivity contribution in [3.63, 3.8) is 0 Å². The smallest absolute Gasteiger partial charge is 0.270 e. The van der Waals surface area contributed by atoms with E-state index < -0.39 is 0 Å². The third-order valence-corrected chi connectivity index (χ3v) is 3.38. The maximum absolute atomic E-state index is 12.1. The van der Waals surface area contributed by atoms with Crippen LogP contribution in [0.25, 0.3) is 10.9 Å². The summed E-state index contributed by atoms with van der Waals surface area (Å²) in [5, 5.41) is 13.0. The van der Waals surface area contributed by atoms with Crippen molar-refractivity contribution in [1.29, 1.82) is 0 Å². The first-order valence-electron chi connectivity index (χ1n) is 6.59. The van der Waals surface area contributed by atoms with Crippen molar-refractivity contribution in [2.45, 2.75) is 25.8 Å². The monoisotopic (exact) mass is 292 g/mol. The second-order valence-corrected chi connectivity index (χ2v) is 5.15. The summed E-state index contributed by atoms with van der Waals surface area (Å²) in [5.74, 6) is -0.247. The summed E-state index contributed by atoms with van der Waals surface area (Å²) in [5.41, 5.74) is 1.01. The quantitative estimate of drug-likeness (QED) is 0.891. The lowest BCUT2D eigenvalue weighted by molar-refractivity contribution is 0.0931. The minimum Gasteiger partial charge on any atom is -0.396 e. The maximum atomic E-state index is 12.1. The molecular formula is C15H17ClN2O2. The van der Waals surface area contributed by atoms with Crippen LogP contribution in [0.15, 0.2) is 30.3 Å². The SMILES string of the molecule is CC(CCCO)NC(=O)c1cc(Cl)c2ccccc2n1. The minimum atomic E-state index is -0.247. The van der Waals surface area contributed by atoms with Crippen LogP contribution in [0.2, 0.25) is 5.02 Å². The van der Waals surface area contributed by atoms with Gasteiger partial charge in [0.15, 0.2) is 0 Å². The van der Waals surface area contributed by atoms with Gasteiger partial charge in [-0.2, -0.15) is 0 Å². The Labute approximate surface area is 122 Å². The molecule has 5 heteroatoms. The summed E-state index contributed by atoms with van der Waals surface area (Å²) < 4.78 is 0. The van der Waals surface area contributed by atoms with Crippen LogP contribution in [-0.2, 0) is 0 Å². The fourth-order valence-electron chi connectivity index (χ4n) is 2.02. The van der Waals surface area contributed by atoms with Gasteiger partial charge in [0.25, 0.3) is 5.91 Å². The number of pyridine rings is 1. The molecule has 0 bridgehead atoms. The van der Waals surface area contributed by atoms with Gasteiger partial charge < -0.3 is 10.4 Å². The average Bonchev–Trinajstić information content (AvgIpc) is 2.45. The highest BCUT2D eigenvalue weighted by Crippen LogP contribution is 2.22. The molecule has 0 aliphatic carbocycles. The summed E-state index contributed by atoms with van der Waals surface area (Å²) in [4.78, 5) is 16.4. The van der Waals surface area contributed by atoms with Crippen molar-refractivity contribution in [2.24, 2.45) is 0 Å². The molecule has 2 N–H and O–H groups in total. The van der Waals surface area contributed by atoms with E-state index in [-0.39, 0.29) is 18.6 Å². The predicted octanol–water partition coefficient (Wildman–Crippen LogP) is 2.78. The van der Waals surface area contributed by atoms with E-state index in [0.717, 1.165) is 11.8 Å². The van der Waals surface area contributed by atoms with Crippen molar-refractivity contribution in [3.05, 3.63) is 41.0 Å². The Kier molecular flexibility index (Phi) is 4.93. The van der Waals surface area contributed by atoms with E-state index in [1.54, 1.807) is 6.07 Å². The normalized spacial score (nSPS) is 12.3. The number of aliphatic hydroxyl groups is 1. The molecule has 1 aromatic heterocycles. The Balaban J connectivity index is 2.18. The molecule has 0 fully saturated rings. The zero-order valence-corrected chi connectivity index (χ0v) is 12.0. The Hall–Kier alpha value is -1.65. The number of aliphatic hydroxyl groups excluding tert-OH is 1. The Bertz CT molecular complexity index is 616. The summed E-state index contributed by atoms with van der Waals surface area (Å²) in [7, 11) is 0. The number of halogens is 1. The minimum absolute atomic E-state index is 0.0123. The lowest BCUT2D eigenvalue weighted by Gasteiger charge is -2.13. The molecule has 1 heterocycles. The summed E-state index contributed by atoms with van der Waals surface area (Å²) in [6.45, 7) is 2.02. The molecule has 0 radical (unpaired) electrons. The number of aromatic nitrogens is 1. The van der Waals surface area contributed by atoms with E-state index in [4.69, 9.17) is 16.7 Å². The number of benzene rings is 1. The molecule has 2 aromatic rings. The van der Waals surface area contributed by atoms with E-state index in [1.165, 1.54) is 0 Å². The number of carbonyl (C=O) groups is 1. The average molecular weight is 293 g/mol. The predicted molar refractivity (Wildman–Crippen MR) is 80.0 cm³/mol. The van der Waals surface area contributed by atoms with E-state index in [1.807, 2.05) is 31.2 Å². The first-order valence-corrected chi connectivity index (χ1v) is 6.96. The number of para-hydroxylation sites is 1. The van der Waals surface area contributed by atoms with Crippen LogP contribution in [0.3, 0.4) is 0 Å². The number of carbonyl (C=O) groups excluding carboxylic acids is 1. The van der Waals surface area contributed by atoms with Gasteiger partial charge >= 0.3 is 0 Å². The van der Waals surface area contributed by atoms with E-state index in [0.29, 0.717) is 22.7 Å². The van der Waals surface area contributed by atoms with Gasteiger partial charge in [-0.3, -0.25) is 4.79 Å². The number of fused-ring (bicyclic) bond motifs is 1. The van der Waals surface area contributed by atoms with Crippen molar-refractivity contribution in [1.82, 2.24) is 10.3 Å². The maximum Gasteiger partial charge on any atom is 0.270 e. The molecule has 1 aromatic carbocycles. The Morgan fingerprint density at radius 3 is 2.95 bits per heavy atom. The molecule has 0 saturated carbocycles. The molecule has 20 heavy (non-hydrogen) atoms. The molecule has 0 aliphatic heterocycles. The molecule has 1 atom stereocenters. The van der Waals surface area contributed by atoms with E-state index in [2.05, 4.69) is 10.3 Å². The molecule has 0 spiro atoms. The molecule has 0 aliphatic rings. The number of rotatable bonds is 5. The first kappa shape index (κ1) is 14.8. The van der Waals surface area contributed by atoms with Crippen molar-refractivity contribution < 1.29 is 9.90 Å². The summed E-state index contributed by atoms with van der Waals surface area (Å²) in [6, 6.07) is 9.01. The lowest BCUT2D eigenvalue weighted by atomic mass is 10.1. The van der Waals surface area contributed by atoms with Gasteiger partial charge in [0, 0.05) is 18.0 Å². The van der Waals surface area contributed by atoms with Gasteiger partial charge in [-0.05, 0) is 31.9 Å². The molecule has 1 unspecified atom stereocenters. The summed E-state index contributed by atoms with van der Waals surface area (Å²) >= 11 is 6.17. The highest BCUT2D eigenvalue weighted by Gasteiger charge is 2.13. The van der Waals surface area contributed by atoms with E-state index >= 15 is 0 Å². The molecule has 0 saturated heterocycles. The number of hydrogen-bond acceptors (Lipinski definition) is 3. The van der Waals surface area contributed by atoms with Crippen LogP contribution in [0, 0.1) is 0 Å². The van der Waals surface area contributed by atoms with Crippen LogP contribution < -0.4 is 5.32 Å².